The second-order valence-electron chi connectivity index (χ2n) is 3.24. The van der Waals surface area contributed by atoms with Crippen molar-refractivity contribution >= 4 is 5.91 Å². The van der Waals surface area contributed by atoms with E-state index in [9.17, 15) is 4.79 Å². The van der Waals surface area contributed by atoms with Crippen LogP contribution in [0.1, 0.15) is 19.2 Å². The summed E-state index contributed by atoms with van der Waals surface area (Å²) in [7, 11) is 1.72. The van der Waals surface area contributed by atoms with Gasteiger partial charge in [0.25, 0.3) is 0 Å². The number of imidazole rings is 1. The molecule has 1 aromatic heterocycles. The van der Waals surface area contributed by atoms with Gasteiger partial charge in [0.05, 0.1) is 12.6 Å². The average molecular weight is 196 g/mol. The van der Waals surface area contributed by atoms with Gasteiger partial charge in [-0.15, -0.1) is 0 Å². The number of H-pyrrole nitrogens is 1. The monoisotopic (exact) mass is 196 g/mol. The van der Waals surface area contributed by atoms with Crippen molar-refractivity contribution in [2.45, 2.75) is 25.9 Å². The Bertz CT molecular complexity index is 283. The van der Waals surface area contributed by atoms with E-state index >= 15 is 0 Å². The van der Waals surface area contributed by atoms with Crippen LogP contribution in [0.4, 0.5) is 0 Å². The third kappa shape index (κ3) is 2.56. The Balaban J connectivity index is 2.50. The van der Waals surface area contributed by atoms with Crippen LogP contribution < -0.4 is 5.73 Å². The predicted molar refractivity (Wildman–Crippen MR) is 53.3 cm³/mol. The van der Waals surface area contributed by atoms with Crippen LogP contribution in [0.2, 0.25) is 0 Å². The molecule has 0 radical (unpaired) electrons. The molecule has 0 spiro atoms. The molecule has 1 atom stereocenters. The number of nitrogens with two attached hydrogens (primary N) is 1. The quantitative estimate of drug-likeness (QED) is 0.717. The van der Waals surface area contributed by atoms with E-state index < -0.39 is 6.04 Å². The first kappa shape index (κ1) is 10.7. The molecule has 14 heavy (non-hydrogen) atoms. The molecule has 0 aromatic carbocycles. The van der Waals surface area contributed by atoms with Gasteiger partial charge < -0.3 is 15.6 Å². The first-order valence-corrected chi connectivity index (χ1v) is 4.64. The minimum Gasteiger partial charge on any atom is -0.347 e. The number of nitrogens with one attached hydrogen (secondary N) is 1. The number of carbonyl (C=O) groups is 1. The Morgan fingerprint density at radius 3 is 3.00 bits per heavy atom. The molecule has 0 saturated carbocycles. The predicted octanol–water partition coefficient (Wildman–Crippen LogP) is 0.105. The summed E-state index contributed by atoms with van der Waals surface area (Å²) in [6, 6.07) is -0.407. The third-order valence-electron chi connectivity index (χ3n) is 2.08. The van der Waals surface area contributed by atoms with E-state index in [0.717, 1.165) is 5.82 Å². The molecule has 0 saturated heterocycles. The summed E-state index contributed by atoms with van der Waals surface area (Å²) in [6.07, 6.45) is 4.04. The summed E-state index contributed by atoms with van der Waals surface area (Å²) < 4.78 is 0. The SMILES string of the molecule is CCC(N)C(=O)N(C)Cc1ncc[nH]1. The van der Waals surface area contributed by atoms with Crippen molar-refractivity contribution in [3.63, 3.8) is 0 Å². The Kier molecular flexibility index (Phi) is 3.64. The highest BCUT2D eigenvalue weighted by atomic mass is 16.2. The number of likely N-dealkylation sites (N-methyl/N-ethyl adjacent to an activating group) is 1. The van der Waals surface area contributed by atoms with E-state index in [-0.39, 0.29) is 5.91 Å². The summed E-state index contributed by atoms with van der Waals surface area (Å²) in [4.78, 5) is 20.1. The van der Waals surface area contributed by atoms with Gasteiger partial charge in [-0.3, -0.25) is 4.79 Å². The lowest BCUT2D eigenvalue weighted by Gasteiger charge is -2.19. The van der Waals surface area contributed by atoms with Crippen LogP contribution in [0.3, 0.4) is 0 Å². The van der Waals surface area contributed by atoms with Gasteiger partial charge in [-0.1, -0.05) is 6.92 Å². The molecule has 0 aliphatic carbocycles. The fraction of sp³-hybridized carbons (Fsp3) is 0.556. The van der Waals surface area contributed by atoms with Crippen LogP contribution in [0.15, 0.2) is 12.4 Å². The number of carbonyl (C=O) groups excluding carboxylic acids is 1. The zero-order valence-electron chi connectivity index (χ0n) is 8.53. The minimum absolute atomic E-state index is 0.0519. The van der Waals surface area contributed by atoms with Crippen LogP contribution in [-0.2, 0) is 11.3 Å². The molecular weight excluding hydrogens is 180 g/mol. The highest BCUT2D eigenvalue weighted by Crippen LogP contribution is 1.99. The van der Waals surface area contributed by atoms with Crippen LogP contribution in [0.5, 0.6) is 0 Å². The second kappa shape index (κ2) is 4.76. The number of amides is 1. The van der Waals surface area contributed by atoms with Crippen LogP contribution in [0.25, 0.3) is 0 Å². The van der Waals surface area contributed by atoms with Gasteiger partial charge in [-0.25, -0.2) is 4.98 Å². The lowest BCUT2D eigenvalue weighted by molar-refractivity contribution is -0.131. The molecule has 0 fully saturated rings. The number of rotatable bonds is 4. The van der Waals surface area contributed by atoms with E-state index in [1.165, 1.54) is 0 Å². The second-order valence-corrected chi connectivity index (χ2v) is 3.24. The van der Waals surface area contributed by atoms with Crippen molar-refractivity contribution < 1.29 is 4.79 Å². The highest BCUT2D eigenvalue weighted by Gasteiger charge is 2.16. The molecule has 0 aliphatic rings. The molecule has 1 unspecified atom stereocenters. The van der Waals surface area contributed by atoms with Crippen molar-refractivity contribution in [1.29, 1.82) is 0 Å². The highest BCUT2D eigenvalue weighted by molar-refractivity contribution is 5.81. The van der Waals surface area contributed by atoms with Crippen LogP contribution in [0, 0.1) is 0 Å². The maximum absolute atomic E-state index is 11.6. The maximum Gasteiger partial charge on any atom is 0.239 e. The lowest BCUT2D eigenvalue weighted by atomic mass is 10.2. The molecule has 1 heterocycles. The molecular formula is C9H16N4O. The molecule has 5 nitrogen and oxygen atoms in total. The summed E-state index contributed by atoms with van der Waals surface area (Å²) in [5, 5.41) is 0. The Morgan fingerprint density at radius 1 is 1.79 bits per heavy atom. The molecule has 0 bridgehead atoms. The zero-order chi connectivity index (χ0) is 10.6. The summed E-state index contributed by atoms with van der Waals surface area (Å²) >= 11 is 0. The largest absolute Gasteiger partial charge is 0.347 e. The first-order valence-electron chi connectivity index (χ1n) is 4.64. The van der Waals surface area contributed by atoms with Gasteiger partial charge in [0.2, 0.25) is 5.91 Å². The van der Waals surface area contributed by atoms with Crippen LogP contribution >= 0.6 is 0 Å². The lowest BCUT2D eigenvalue weighted by Crippen LogP contribution is -2.41. The van der Waals surface area contributed by atoms with E-state index in [2.05, 4.69) is 9.97 Å². The van der Waals surface area contributed by atoms with Crippen molar-refractivity contribution in [2.24, 2.45) is 5.73 Å². The molecule has 1 aromatic rings. The van der Waals surface area contributed by atoms with Gasteiger partial charge in [0.1, 0.15) is 5.82 Å². The van der Waals surface area contributed by atoms with Crippen molar-refractivity contribution in [2.75, 3.05) is 7.05 Å². The first-order chi connectivity index (χ1) is 6.65. The van der Waals surface area contributed by atoms with Crippen molar-refractivity contribution in [1.82, 2.24) is 14.9 Å². The van der Waals surface area contributed by atoms with Crippen molar-refractivity contribution in [3.05, 3.63) is 18.2 Å². The molecule has 3 N–H and O–H groups in total. The van der Waals surface area contributed by atoms with E-state index in [1.54, 1.807) is 24.3 Å². The molecule has 0 aliphatic heterocycles. The third-order valence-corrected chi connectivity index (χ3v) is 2.08. The van der Waals surface area contributed by atoms with E-state index in [1.807, 2.05) is 6.92 Å². The van der Waals surface area contributed by atoms with Crippen LogP contribution in [-0.4, -0.2) is 33.9 Å². The van der Waals surface area contributed by atoms with Gasteiger partial charge in [-0.2, -0.15) is 0 Å². The van der Waals surface area contributed by atoms with Gasteiger partial charge in [0, 0.05) is 19.4 Å². The fourth-order valence-electron chi connectivity index (χ4n) is 1.14. The molecule has 78 valence electrons. The fourth-order valence-corrected chi connectivity index (χ4v) is 1.14. The summed E-state index contributed by atoms with van der Waals surface area (Å²) in [5.41, 5.74) is 5.62. The number of hydrogen-bond acceptors (Lipinski definition) is 3. The smallest absolute Gasteiger partial charge is 0.239 e. The topological polar surface area (TPSA) is 75.0 Å². The molecule has 5 heteroatoms. The Labute approximate surface area is 83.3 Å². The van der Waals surface area contributed by atoms with Crippen molar-refractivity contribution in [3.8, 4) is 0 Å². The Morgan fingerprint density at radius 2 is 2.50 bits per heavy atom. The van der Waals surface area contributed by atoms with Gasteiger partial charge >= 0.3 is 0 Å². The number of aromatic nitrogens is 2. The number of nitrogens with zero attached hydrogens (tertiary/aromatic N) is 2. The summed E-state index contributed by atoms with van der Waals surface area (Å²) in [6.45, 7) is 2.36. The van der Waals surface area contributed by atoms with E-state index in [0.29, 0.717) is 13.0 Å². The maximum atomic E-state index is 11.6. The summed E-state index contributed by atoms with van der Waals surface area (Å²) in [5.74, 6) is 0.716. The number of hydrogen-bond donors (Lipinski definition) is 2. The van der Waals surface area contributed by atoms with Gasteiger partial charge in [0.15, 0.2) is 0 Å². The van der Waals surface area contributed by atoms with E-state index in [4.69, 9.17) is 5.73 Å². The molecule has 1 amide bonds. The zero-order valence-corrected chi connectivity index (χ0v) is 8.53. The molecule has 1 rings (SSSR count). The normalized spacial score (nSPS) is 12.5. The Hall–Kier alpha value is -1.36. The minimum atomic E-state index is -0.407. The number of aromatic amines is 1. The average Bonchev–Trinajstić information content (AvgIpc) is 2.68. The standard InChI is InChI=1S/C9H16N4O/c1-3-7(10)9(14)13(2)6-8-11-4-5-12-8/h4-5,7H,3,6,10H2,1-2H3,(H,11,12). The van der Waals surface area contributed by atoms with Gasteiger partial charge in [-0.05, 0) is 6.42 Å².